The summed E-state index contributed by atoms with van der Waals surface area (Å²) in [6.07, 6.45) is 3.78. The van der Waals surface area contributed by atoms with Crippen molar-refractivity contribution < 1.29 is 0 Å². The molecule has 1 saturated carbocycles. The summed E-state index contributed by atoms with van der Waals surface area (Å²) >= 11 is 0. The third-order valence-corrected chi connectivity index (χ3v) is 4.02. The standard InChI is InChI=1S/C13H24N6/c1-4-13(7-8-13)9-15-11-16-10(14)17-12(18-11)19(5-2)6-3/h4-9H2,1-3H3,(H3,14,15,16,17,18). The Morgan fingerprint density at radius 3 is 2.37 bits per heavy atom. The Morgan fingerprint density at radius 2 is 1.84 bits per heavy atom. The number of hydrogen-bond acceptors (Lipinski definition) is 6. The van der Waals surface area contributed by atoms with E-state index in [-0.39, 0.29) is 5.95 Å². The van der Waals surface area contributed by atoms with Gasteiger partial charge in [-0.1, -0.05) is 6.92 Å². The van der Waals surface area contributed by atoms with E-state index in [9.17, 15) is 0 Å². The van der Waals surface area contributed by atoms with E-state index in [0.717, 1.165) is 19.6 Å². The second-order valence-corrected chi connectivity index (χ2v) is 5.20. The third kappa shape index (κ3) is 3.24. The molecule has 0 spiro atoms. The first-order valence-corrected chi connectivity index (χ1v) is 7.13. The predicted octanol–water partition coefficient (Wildman–Crippen LogP) is 1.90. The molecule has 19 heavy (non-hydrogen) atoms. The number of rotatable bonds is 7. The van der Waals surface area contributed by atoms with Crippen LogP contribution in [0.1, 0.15) is 40.0 Å². The van der Waals surface area contributed by atoms with Gasteiger partial charge in [-0.05, 0) is 38.5 Å². The summed E-state index contributed by atoms with van der Waals surface area (Å²) in [6, 6.07) is 0. The van der Waals surface area contributed by atoms with E-state index in [1.807, 2.05) is 0 Å². The minimum absolute atomic E-state index is 0.278. The quantitative estimate of drug-likeness (QED) is 0.783. The summed E-state index contributed by atoms with van der Waals surface area (Å²) in [4.78, 5) is 14.9. The SMILES string of the molecule is CCN(CC)c1nc(N)nc(NCC2(CC)CC2)n1. The molecule has 0 bridgehead atoms. The van der Waals surface area contributed by atoms with Crippen molar-refractivity contribution in [2.75, 3.05) is 35.6 Å². The molecule has 1 aliphatic carbocycles. The van der Waals surface area contributed by atoms with E-state index >= 15 is 0 Å². The van der Waals surface area contributed by atoms with Gasteiger partial charge in [-0.15, -0.1) is 0 Å². The van der Waals surface area contributed by atoms with Crippen LogP contribution in [-0.4, -0.2) is 34.6 Å². The van der Waals surface area contributed by atoms with Crippen molar-refractivity contribution in [3.05, 3.63) is 0 Å². The van der Waals surface area contributed by atoms with Gasteiger partial charge in [-0.3, -0.25) is 0 Å². The average Bonchev–Trinajstić information content (AvgIpc) is 3.18. The molecule has 0 saturated heterocycles. The zero-order chi connectivity index (χ0) is 13.9. The molecule has 1 heterocycles. The second-order valence-electron chi connectivity index (χ2n) is 5.20. The molecule has 2 rings (SSSR count). The van der Waals surface area contributed by atoms with Crippen molar-refractivity contribution in [3.63, 3.8) is 0 Å². The lowest BCUT2D eigenvalue weighted by molar-refractivity contribution is 0.519. The average molecular weight is 264 g/mol. The molecule has 0 amide bonds. The van der Waals surface area contributed by atoms with Crippen LogP contribution in [0.25, 0.3) is 0 Å². The highest BCUT2D eigenvalue weighted by Crippen LogP contribution is 2.48. The van der Waals surface area contributed by atoms with Gasteiger partial charge in [0.2, 0.25) is 17.8 Å². The first-order valence-electron chi connectivity index (χ1n) is 7.13. The predicted molar refractivity (Wildman–Crippen MR) is 78.2 cm³/mol. The highest BCUT2D eigenvalue weighted by molar-refractivity contribution is 5.42. The van der Waals surface area contributed by atoms with Gasteiger partial charge in [0.15, 0.2) is 0 Å². The fraction of sp³-hybridized carbons (Fsp3) is 0.769. The van der Waals surface area contributed by atoms with Gasteiger partial charge in [0.1, 0.15) is 0 Å². The van der Waals surface area contributed by atoms with Crippen molar-refractivity contribution in [1.29, 1.82) is 0 Å². The van der Waals surface area contributed by atoms with Gasteiger partial charge in [0, 0.05) is 19.6 Å². The number of nitrogens with one attached hydrogen (secondary N) is 1. The maximum absolute atomic E-state index is 5.77. The molecule has 0 radical (unpaired) electrons. The molecule has 0 aromatic carbocycles. The lowest BCUT2D eigenvalue weighted by Gasteiger charge is -2.19. The molecule has 0 aliphatic heterocycles. The van der Waals surface area contributed by atoms with Gasteiger partial charge in [0.05, 0.1) is 0 Å². The highest BCUT2D eigenvalue weighted by Gasteiger charge is 2.40. The topological polar surface area (TPSA) is 80.0 Å². The Balaban J connectivity index is 2.08. The molecule has 106 valence electrons. The molecule has 1 aromatic heterocycles. The Bertz CT molecular complexity index is 425. The summed E-state index contributed by atoms with van der Waals surface area (Å²) in [5.41, 5.74) is 6.22. The van der Waals surface area contributed by atoms with Crippen molar-refractivity contribution in [2.45, 2.75) is 40.0 Å². The van der Waals surface area contributed by atoms with Gasteiger partial charge in [-0.2, -0.15) is 15.0 Å². The van der Waals surface area contributed by atoms with E-state index in [1.165, 1.54) is 19.3 Å². The van der Waals surface area contributed by atoms with E-state index in [0.29, 0.717) is 17.3 Å². The van der Waals surface area contributed by atoms with Crippen LogP contribution in [0.2, 0.25) is 0 Å². The molecule has 6 heteroatoms. The maximum Gasteiger partial charge on any atom is 0.231 e. The summed E-state index contributed by atoms with van der Waals surface area (Å²) in [5.74, 6) is 1.52. The summed E-state index contributed by atoms with van der Waals surface area (Å²) in [5, 5.41) is 3.31. The third-order valence-electron chi connectivity index (χ3n) is 4.02. The second kappa shape index (κ2) is 5.59. The van der Waals surface area contributed by atoms with Crippen molar-refractivity contribution >= 4 is 17.8 Å². The highest BCUT2D eigenvalue weighted by atomic mass is 15.3. The molecule has 1 aromatic rings. The Kier molecular flexibility index (Phi) is 4.07. The van der Waals surface area contributed by atoms with Crippen molar-refractivity contribution in [2.24, 2.45) is 5.41 Å². The van der Waals surface area contributed by atoms with Crippen LogP contribution in [0.5, 0.6) is 0 Å². The van der Waals surface area contributed by atoms with Crippen LogP contribution in [0.3, 0.4) is 0 Å². The van der Waals surface area contributed by atoms with Gasteiger partial charge < -0.3 is 16.0 Å². The smallest absolute Gasteiger partial charge is 0.231 e. The lowest BCUT2D eigenvalue weighted by atomic mass is 10.0. The summed E-state index contributed by atoms with van der Waals surface area (Å²) in [6.45, 7) is 9.03. The fourth-order valence-corrected chi connectivity index (χ4v) is 2.21. The van der Waals surface area contributed by atoms with Crippen molar-refractivity contribution in [3.8, 4) is 0 Å². The van der Waals surface area contributed by atoms with Crippen LogP contribution < -0.4 is 16.0 Å². The zero-order valence-electron chi connectivity index (χ0n) is 12.1. The van der Waals surface area contributed by atoms with Gasteiger partial charge in [-0.25, -0.2) is 0 Å². The molecular formula is C13H24N6. The van der Waals surface area contributed by atoms with Crippen LogP contribution in [0, 0.1) is 5.41 Å². The van der Waals surface area contributed by atoms with E-state index in [4.69, 9.17) is 5.73 Å². The first-order chi connectivity index (χ1) is 9.12. The van der Waals surface area contributed by atoms with E-state index in [2.05, 4.69) is 45.9 Å². The van der Waals surface area contributed by atoms with Gasteiger partial charge >= 0.3 is 0 Å². The normalized spacial score (nSPS) is 16.2. The van der Waals surface area contributed by atoms with Crippen LogP contribution in [-0.2, 0) is 0 Å². The van der Waals surface area contributed by atoms with Gasteiger partial charge in [0.25, 0.3) is 0 Å². The molecular weight excluding hydrogens is 240 g/mol. The van der Waals surface area contributed by atoms with Crippen molar-refractivity contribution in [1.82, 2.24) is 15.0 Å². The number of nitrogen functional groups attached to an aromatic ring is 1. The maximum atomic E-state index is 5.77. The number of nitrogens with two attached hydrogens (primary N) is 1. The first kappa shape index (κ1) is 13.8. The molecule has 1 fully saturated rings. The number of anilines is 3. The summed E-state index contributed by atoms with van der Waals surface area (Å²) in [7, 11) is 0. The number of nitrogens with zero attached hydrogens (tertiary/aromatic N) is 4. The zero-order valence-corrected chi connectivity index (χ0v) is 12.1. The number of hydrogen-bond donors (Lipinski definition) is 2. The number of aromatic nitrogens is 3. The largest absolute Gasteiger partial charge is 0.368 e. The minimum atomic E-state index is 0.278. The van der Waals surface area contributed by atoms with E-state index in [1.54, 1.807) is 0 Å². The molecule has 0 atom stereocenters. The molecule has 1 aliphatic rings. The van der Waals surface area contributed by atoms with Crippen LogP contribution >= 0.6 is 0 Å². The molecule has 0 unspecified atom stereocenters. The molecule has 6 nitrogen and oxygen atoms in total. The Morgan fingerprint density at radius 1 is 1.16 bits per heavy atom. The molecule has 3 N–H and O–H groups in total. The fourth-order valence-electron chi connectivity index (χ4n) is 2.21. The lowest BCUT2D eigenvalue weighted by Crippen LogP contribution is -2.26. The van der Waals surface area contributed by atoms with E-state index < -0.39 is 0 Å². The Labute approximate surface area is 114 Å². The van der Waals surface area contributed by atoms with Crippen LogP contribution in [0.4, 0.5) is 17.8 Å². The Hall–Kier alpha value is -1.59. The van der Waals surface area contributed by atoms with Crippen LogP contribution in [0.15, 0.2) is 0 Å². The minimum Gasteiger partial charge on any atom is -0.368 e. The summed E-state index contributed by atoms with van der Waals surface area (Å²) < 4.78 is 0. The monoisotopic (exact) mass is 264 g/mol.